The number of cyclic esters (lactones) is 1. The molecule has 0 aliphatic carbocycles. The van der Waals surface area contributed by atoms with Crippen LogP contribution in [0.2, 0.25) is 0 Å². The largest absolute Gasteiger partial charge is 0.447 e. The Kier molecular flexibility index (Phi) is 6.11. The fourth-order valence-electron chi connectivity index (χ4n) is 2.33. The van der Waals surface area contributed by atoms with Crippen LogP contribution in [0.3, 0.4) is 0 Å². The van der Waals surface area contributed by atoms with Gasteiger partial charge < -0.3 is 4.74 Å². The summed E-state index contributed by atoms with van der Waals surface area (Å²) < 4.78 is 4.76. The topological polar surface area (TPSA) is 46.6 Å². The third kappa shape index (κ3) is 4.77. The number of amides is 2. The molecular weight excluding hydrogens is 286 g/mol. The Morgan fingerprint density at radius 1 is 1.24 bits per heavy atom. The minimum absolute atomic E-state index is 0.109. The van der Waals surface area contributed by atoms with E-state index in [1.165, 1.54) is 15.4 Å². The van der Waals surface area contributed by atoms with Crippen molar-refractivity contribution >= 4 is 23.8 Å². The molecule has 1 aromatic rings. The van der Waals surface area contributed by atoms with Gasteiger partial charge in [-0.25, -0.2) is 9.69 Å². The standard InChI is InChI=1S/C16H21NO3S/c1-21-14-9-7-13(8-10-14)5-3-2-4-6-15(18)17-11-12-20-16(17)19/h7-10H,2-6,11-12H2,1H3. The minimum atomic E-state index is -0.492. The SMILES string of the molecule is CSc1ccc(CCCCCC(=O)N2CCOC2=O)cc1. The third-order valence-corrected chi connectivity index (χ3v) is 4.32. The van der Waals surface area contributed by atoms with Crippen LogP contribution in [0.5, 0.6) is 0 Å². The maximum atomic E-state index is 11.8. The quantitative estimate of drug-likeness (QED) is 0.571. The molecule has 0 radical (unpaired) electrons. The van der Waals surface area contributed by atoms with Gasteiger partial charge in [-0.05, 0) is 43.2 Å². The first-order chi connectivity index (χ1) is 10.2. The normalized spacial score (nSPS) is 14.3. The van der Waals surface area contributed by atoms with Crippen LogP contribution in [0.15, 0.2) is 29.2 Å². The Hall–Kier alpha value is -1.49. The number of imide groups is 1. The smallest absolute Gasteiger partial charge is 0.416 e. The lowest BCUT2D eigenvalue weighted by atomic mass is 10.1. The van der Waals surface area contributed by atoms with Crippen molar-refractivity contribution in [3.05, 3.63) is 29.8 Å². The summed E-state index contributed by atoms with van der Waals surface area (Å²) in [4.78, 5) is 25.5. The van der Waals surface area contributed by atoms with Gasteiger partial charge in [0.05, 0.1) is 6.54 Å². The van der Waals surface area contributed by atoms with Crippen LogP contribution >= 0.6 is 11.8 Å². The van der Waals surface area contributed by atoms with Crippen LogP contribution in [0.4, 0.5) is 4.79 Å². The first kappa shape index (κ1) is 15.9. The highest BCUT2D eigenvalue weighted by Gasteiger charge is 2.27. The Balaban J connectivity index is 1.61. The Morgan fingerprint density at radius 3 is 2.62 bits per heavy atom. The van der Waals surface area contributed by atoms with E-state index in [0.717, 1.165) is 25.7 Å². The number of aryl methyl sites for hydroxylation is 1. The number of benzene rings is 1. The predicted octanol–water partition coefficient (Wildman–Crippen LogP) is 3.49. The van der Waals surface area contributed by atoms with E-state index in [1.54, 1.807) is 11.8 Å². The van der Waals surface area contributed by atoms with Crippen LogP contribution in [-0.4, -0.2) is 36.3 Å². The van der Waals surface area contributed by atoms with Crippen LogP contribution < -0.4 is 0 Å². The van der Waals surface area contributed by atoms with Gasteiger partial charge in [-0.3, -0.25) is 4.79 Å². The number of ether oxygens (including phenoxy) is 1. The molecule has 1 fully saturated rings. The molecule has 4 nitrogen and oxygen atoms in total. The van der Waals surface area contributed by atoms with Gasteiger partial charge in [0.2, 0.25) is 5.91 Å². The number of rotatable bonds is 7. The van der Waals surface area contributed by atoms with Crippen molar-refractivity contribution in [2.45, 2.75) is 37.0 Å². The van der Waals surface area contributed by atoms with Crippen LogP contribution in [0, 0.1) is 0 Å². The second-order valence-electron chi connectivity index (χ2n) is 5.07. The van der Waals surface area contributed by atoms with Crippen LogP contribution in [0.25, 0.3) is 0 Å². The fourth-order valence-corrected chi connectivity index (χ4v) is 2.74. The van der Waals surface area contributed by atoms with Gasteiger partial charge in [-0.1, -0.05) is 18.6 Å². The molecule has 114 valence electrons. The van der Waals surface area contributed by atoms with Gasteiger partial charge in [-0.2, -0.15) is 0 Å². The number of unbranched alkanes of at least 4 members (excludes halogenated alkanes) is 2. The van der Waals surface area contributed by atoms with Crippen molar-refractivity contribution in [3.8, 4) is 0 Å². The first-order valence-corrected chi connectivity index (χ1v) is 8.53. The number of nitrogens with zero attached hydrogens (tertiary/aromatic N) is 1. The molecule has 1 aliphatic rings. The van der Waals surface area contributed by atoms with Crippen molar-refractivity contribution in [2.75, 3.05) is 19.4 Å². The van der Waals surface area contributed by atoms with E-state index in [4.69, 9.17) is 4.74 Å². The molecule has 1 saturated heterocycles. The van der Waals surface area contributed by atoms with Gasteiger partial charge in [0.1, 0.15) is 6.61 Å². The maximum Gasteiger partial charge on any atom is 0.416 e. The van der Waals surface area contributed by atoms with E-state index < -0.39 is 6.09 Å². The molecule has 5 heteroatoms. The summed E-state index contributed by atoms with van der Waals surface area (Å²) in [6, 6.07) is 8.61. The number of thioether (sulfide) groups is 1. The van der Waals surface area contributed by atoms with Gasteiger partial charge >= 0.3 is 6.09 Å². The molecule has 0 atom stereocenters. The van der Waals surface area contributed by atoms with Gasteiger partial charge in [-0.15, -0.1) is 11.8 Å². The molecule has 0 spiro atoms. The lowest BCUT2D eigenvalue weighted by molar-refractivity contribution is -0.127. The van der Waals surface area contributed by atoms with E-state index in [9.17, 15) is 9.59 Å². The van der Waals surface area contributed by atoms with E-state index in [0.29, 0.717) is 19.6 Å². The molecule has 21 heavy (non-hydrogen) atoms. The zero-order valence-corrected chi connectivity index (χ0v) is 13.2. The van der Waals surface area contributed by atoms with Crippen molar-refractivity contribution in [2.24, 2.45) is 0 Å². The highest BCUT2D eigenvalue weighted by Crippen LogP contribution is 2.16. The van der Waals surface area contributed by atoms with E-state index in [2.05, 4.69) is 30.5 Å². The molecule has 1 aromatic carbocycles. The van der Waals surface area contributed by atoms with Crippen LogP contribution in [-0.2, 0) is 16.0 Å². The molecule has 0 saturated carbocycles. The average molecular weight is 307 g/mol. The van der Waals surface area contributed by atoms with Crippen molar-refractivity contribution in [1.29, 1.82) is 0 Å². The number of carbonyl (C=O) groups excluding carboxylic acids is 2. The molecular formula is C16H21NO3S. The number of hydrogen-bond acceptors (Lipinski definition) is 4. The summed E-state index contributed by atoms with van der Waals surface area (Å²) >= 11 is 1.74. The summed E-state index contributed by atoms with van der Waals surface area (Å²) in [5, 5.41) is 0. The first-order valence-electron chi connectivity index (χ1n) is 7.31. The number of hydrogen-bond donors (Lipinski definition) is 0. The second-order valence-corrected chi connectivity index (χ2v) is 5.95. The Bertz CT molecular complexity index is 487. The summed E-state index contributed by atoms with van der Waals surface area (Å²) in [5.74, 6) is -0.109. The van der Waals surface area contributed by atoms with Gasteiger partial charge in [0, 0.05) is 11.3 Å². The molecule has 0 unspecified atom stereocenters. The third-order valence-electron chi connectivity index (χ3n) is 3.58. The van der Waals surface area contributed by atoms with Crippen LogP contribution in [0.1, 0.15) is 31.2 Å². The molecule has 0 N–H and O–H groups in total. The minimum Gasteiger partial charge on any atom is -0.447 e. The molecule has 0 bridgehead atoms. The monoisotopic (exact) mass is 307 g/mol. The Morgan fingerprint density at radius 2 is 2.00 bits per heavy atom. The highest BCUT2D eigenvalue weighted by molar-refractivity contribution is 7.98. The van der Waals surface area contributed by atoms with E-state index in [1.807, 2.05) is 0 Å². The number of carbonyl (C=O) groups is 2. The lowest BCUT2D eigenvalue weighted by Crippen LogP contribution is -2.31. The molecule has 1 aliphatic heterocycles. The van der Waals surface area contributed by atoms with Gasteiger partial charge in [0.15, 0.2) is 0 Å². The highest BCUT2D eigenvalue weighted by atomic mass is 32.2. The summed E-state index contributed by atoms with van der Waals surface area (Å²) in [6.45, 7) is 0.732. The molecule has 2 amide bonds. The fraction of sp³-hybridized carbons (Fsp3) is 0.500. The zero-order chi connectivity index (χ0) is 15.1. The van der Waals surface area contributed by atoms with E-state index in [-0.39, 0.29) is 5.91 Å². The summed E-state index contributed by atoms with van der Waals surface area (Å²) in [5.41, 5.74) is 1.34. The maximum absolute atomic E-state index is 11.8. The lowest BCUT2D eigenvalue weighted by Gasteiger charge is -2.10. The Labute approximate surface area is 129 Å². The molecule has 2 rings (SSSR count). The summed E-state index contributed by atoms with van der Waals surface area (Å²) in [7, 11) is 0. The second kappa shape index (κ2) is 8.08. The predicted molar refractivity (Wildman–Crippen MR) is 83.5 cm³/mol. The average Bonchev–Trinajstić information content (AvgIpc) is 2.93. The van der Waals surface area contributed by atoms with E-state index >= 15 is 0 Å². The molecule has 1 heterocycles. The van der Waals surface area contributed by atoms with Gasteiger partial charge in [0.25, 0.3) is 0 Å². The zero-order valence-electron chi connectivity index (χ0n) is 12.3. The van der Waals surface area contributed by atoms with Crippen molar-refractivity contribution in [1.82, 2.24) is 4.90 Å². The summed E-state index contributed by atoms with van der Waals surface area (Å²) in [6.07, 6.45) is 5.94. The van der Waals surface area contributed by atoms with Crippen molar-refractivity contribution in [3.63, 3.8) is 0 Å². The van der Waals surface area contributed by atoms with Crippen molar-refractivity contribution < 1.29 is 14.3 Å². The molecule has 0 aromatic heterocycles.